The van der Waals surface area contributed by atoms with Crippen LogP contribution in [0.15, 0.2) is 0 Å². The summed E-state index contributed by atoms with van der Waals surface area (Å²) in [7, 11) is 0. The Kier molecular flexibility index (Phi) is 14.3. The summed E-state index contributed by atoms with van der Waals surface area (Å²) in [5, 5.41) is 18.2. The van der Waals surface area contributed by atoms with Gasteiger partial charge < -0.3 is 19.8 Å². The minimum atomic E-state index is -1.50. The van der Waals surface area contributed by atoms with Gasteiger partial charge in [0, 0.05) is 17.6 Å². The molecule has 0 spiro atoms. The zero-order valence-corrected chi connectivity index (χ0v) is 10.2. The third kappa shape index (κ3) is 10.8. The number of hydrogen-bond acceptors (Lipinski definition) is 5. The minimum Gasteiger partial charge on any atom is -0.550 e. The van der Waals surface area contributed by atoms with Crippen molar-refractivity contribution in [2.24, 2.45) is 0 Å². The summed E-state index contributed by atoms with van der Waals surface area (Å²) in [6.45, 7) is 0. The number of rotatable bonds is 3. The van der Waals surface area contributed by atoms with E-state index in [0.29, 0.717) is 0 Å². The predicted molar refractivity (Wildman–Crippen MR) is 27.4 cm³/mol. The van der Waals surface area contributed by atoms with Gasteiger partial charge in [-0.25, -0.2) is 0 Å². The zero-order chi connectivity index (χ0) is 7.44. The van der Waals surface area contributed by atoms with Crippen molar-refractivity contribution in [3.63, 3.8) is 0 Å². The standard InChI is InChI=1S/C4H6O4S.2Au/c5-3(6)1-2(9)4(7)8;;/h2,9H,1H2,(H,5,6)(H,7,8);;/q;2*+1/p-2. The maximum atomic E-state index is 9.76. The van der Waals surface area contributed by atoms with E-state index in [1.54, 1.807) is 0 Å². The quantitative estimate of drug-likeness (QED) is 0.309. The molecular formula is C4H4Au2O4S. The Hall–Kier alpha value is 0.771. The van der Waals surface area contributed by atoms with Crippen molar-refractivity contribution in [3.05, 3.63) is 0 Å². The van der Waals surface area contributed by atoms with Crippen LogP contribution in [0.5, 0.6) is 0 Å². The van der Waals surface area contributed by atoms with Gasteiger partial charge in [-0.3, -0.25) is 0 Å². The van der Waals surface area contributed by atoms with E-state index in [1.807, 2.05) is 0 Å². The number of carbonyl (C=O) groups excluding carboxylic acids is 2. The van der Waals surface area contributed by atoms with Crippen molar-refractivity contribution >= 4 is 24.6 Å². The van der Waals surface area contributed by atoms with E-state index in [1.165, 1.54) is 0 Å². The molecule has 11 heavy (non-hydrogen) atoms. The van der Waals surface area contributed by atoms with E-state index in [-0.39, 0.29) is 44.8 Å². The monoisotopic (exact) mass is 542 g/mol. The van der Waals surface area contributed by atoms with Crippen molar-refractivity contribution in [1.82, 2.24) is 0 Å². The fraction of sp³-hybridized carbons (Fsp3) is 0.500. The SMILES string of the molecule is O=C([O-])CC(S)C(=O)[O-].[Au+].[Au+]. The smallest absolute Gasteiger partial charge is 0.550 e. The van der Waals surface area contributed by atoms with Gasteiger partial charge in [0.25, 0.3) is 0 Å². The van der Waals surface area contributed by atoms with E-state index < -0.39 is 23.6 Å². The Balaban J connectivity index is -0.000000320. The van der Waals surface area contributed by atoms with Crippen LogP contribution in [0.3, 0.4) is 0 Å². The Bertz CT molecular complexity index is 140. The average Bonchev–Trinajstić information content (AvgIpc) is 1.63. The van der Waals surface area contributed by atoms with Gasteiger partial charge in [-0.05, 0) is 0 Å². The molecular weight excluding hydrogens is 538 g/mol. The molecule has 0 aliphatic heterocycles. The van der Waals surface area contributed by atoms with Crippen molar-refractivity contribution in [2.45, 2.75) is 11.7 Å². The summed E-state index contributed by atoms with van der Waals surface area (Å²) < 4.78 is 0. The molecule has 72 valence electrons. The molecule has 0 N–H and O–H groups in total. The molecule has 0 heterocycles. The van der Waals surface area contributed by atoms with Gasteiger partial charge in [0.05, 0.1) is 5.97 Å². The average molecular weight is 542 g/mol. The van der Waals surface area contributed by atoms with Gasteiger partial charge in [0.1, 0.15) is 0 Å². The summed E-state index contributed by atoms with van der Waals surface area (Å²) >= 11 is 3.38. The number of aliphatic carboxylic acids is 2. The van der Waals surface area contributed by atoms with Crippen LogP contribution in [0.25, 0.3) is 0 Å². The topological polar surface area (TPSA) is 80.3 Å². The van der Waals surface area contributed by atoms with Crippen LogP contribution in [-0.2, 0) is 54.3 Å². The summed E-state index contributed by atoms with van der Waals surface area (Å²) in [5.74, 6) is -2.94. The molecule has 4 nitrogen and oxygen atoms in total. The predicted octanol–water partition coefficient (Wildman–Crippen LogP) is -2.83. The number of carbonyl (C=O) groups is 2. The molecule has 0 aromatic carbocycles. The minimum absolute atomic E-state index is 0. The van der Waals surface area contributed by atoms with Crippen LogP contribution in [0.1, 0.15) is 6.42 Å². The molecule has 0 rings (SSSR count). The number of carboxylic acids is 2. The van der Waals surface area contributed by atoms with E-state index in [4.69, 9.17) is 0 Å². The molecule has 0 aliphatic carbocycles. The van der Waals surface area contributed by atoms with Crippen LogP contribution in [-0.4, -0.2) is 17.2 Å². The van der Waals surface area contributed by atoms with Crippen LogP contribution in [0.4, 0.5) is 0 Å². The van der Waals surface area contributed by atoms with E-state index >= 15 is 0 Å². The van der Waals surface area contributed by atoms with Gasteiger partial charge >= 0.3 is 44.8 Å². The fourth-order valence-electron chi connectivity index (χ4n) is 0.241. The Morgan fingerprint density at radius 3 is 1.73 bits per heavy atom. The molecule has 1 unspecified atom stereocenters. The maximum absolute atomic E-state index is 9.76. The first-order valence-electron chi connectivity index (χ1n) is 2.13. The van der Waals surface area contributed by atoms with Crippen molar-refractivity contribution in [1.29, 1.82) is 0 Å². The first-order chi connectivity index (χ1) is 4.04. The first-order valence-corrected chi connectivity index (χ1v) is 2.64. The summed E-state index contributed by atoms with van der Waals surface area (Å²) in [6, 6.07) is 0. The molecule has 0 saturated carbocycles. The van der Waals surface area contributed by atoms with Crippen LogP contribution < -0.4 is 10.2 Å². The van der Waals surface area contributed by atoms with Gasteiger partial charge in [0.15, 0.2) is 0 Å². The second-order valence-corrected chi connectivity index (χ2v) is 2.03. The number of thiol groups is 1. The summed E-state index contributed by atoms with van der Waals surface area (Å²) in [6.07, 6.45) is -0.620. The molecule has 0 bridgehead atoms. The van der Waals surface area contributed by atoms with E-state index in [9.17, 15) is 19.8 Å². The summed E-state index contributed by atoms with van der Waals surface area (Å²) in [4.78, 5) is 19.4. The number of carboxylic acid groups (broad SMARTS) is 2. The molecule has 0 fully saturated rings. The molecule has 0 aromatic heterocycles. The van der Waals surface area contributed by atoms with E-state index in [0.717, 1.165) is 0 Å². The Morgan fingerprint density at radius 1 is 1.27 bits per heavy atom. The second kappa shape index (κ2) is 8.86. The Labute approximate surface area is 100 Å². The second-order valence-electron chi connectivity index (χ2n) is 1.41. The first kappa shape index (κ1) is 17.8. The zero-order valence-electron chi connectivity index (χ0n) is 4.97. The summed E-state index contributed by atoms with van der Waals surface area (Å²) in [5.41, 5.74) is 0. The van der Waals surface area contributed by atoms with Gasteiger partial charge in [0.2, 0.25) is 0 Å². The third-order valence-electron chi connectivity index (χ3n) is 0.632. The molecule has 1 atom stereocenters. The number of hydrogen-bond donors (Lipinski definition) is 1. The van der Waals surface area contributed by atoms with Crippen molar-refractivity contribution < 1.29 is 64.6 Å². The van der Waals surface area contributed by atoms with Crippen LogP contribution >= 0.6 is 12.6 Å². The largest absolute Gasteiger partial charge is 1.00 e. The molecule has 0 saturated heterocycles. The van der Waals surface area contributed by atoms with Crippen LogP contribution in [0.2, 0.25) is 0 Å². The van der Waals surface area contributed by atoms with Crippen molar-refractivity contribution in [3.8, 4) is 0 Å². The van der Waals surface area contributed by atoms with Gasteiger partial charge in [-0.1, -0.05) is 0 Å². The van der Waals surface area contributed by atoms with Crippen LogP contribution in [0, 0.1) is 0 Å². The molecule has 0 aliphatic rings. The van der Waals surface area contributed by atoms with Gasteiger partial charge in [-0.2, -0.15) is 12.6 Å². The Morgan fingerprint density at radius 2 is 1.64 bits per heavy atom. The maximum Gasteiger partial charge on any atom is 1.00 e. The van der Waals surface area contributed by atoms with E-state index in [2.05, 4.69) is 12.6 Å². The third-order valence-corrected chi connectivity index (χ3v) is 1.03. The molecule has 0 radical (unpaired) electrons. The molecule has 0 aromatic rings. The van der Waals surface area contributed by atoms with Gasteiger partial charge in [-0.15, -0.1) is 0 Å². The normalized spacial score (nSPS) is 10.3. The fourth-order valence-corrected chi connectivity index (χ4v) is 0.390. The van der Waals surface area contributed by atoms with Crippen molar-refractivity contribution in [2.75, 3.05) is 0 Å². The molecule has 7 heteroatoms. The molecule has 0 amide bonds.